The SMILES string of the molecule is N[C@H](CC(F)(F)F)c1ccc(O)c(Br)c1. The van der Waals surface area contributed by atoms with Crippen molar-refractivity contribution in [3.63, 3.8) is 0 Å². The first-order valence-corrected chi connectivity index (χ1v) is 4.89. The van der Waals surface area contributed by atoms with E-state index < -0.39 is 18.6 Å². The number of hydrogen-bond donors (Lipinski definition) is 2. The number of halogens is 4. The van der Waals surface area contributed by atoms with Crippen LogP contribution < -0.4 is 5.73 Å². The summed E-state index contributed by atoms with van der Waals surface area (Å²) in [5, 5.41) is 9.15. The van der Waals surface area contributed by atoms with Gasteiger partial charge in [0.05, 0.1) is 10.9 Å². The van der Waals surface area contributed by atoms with Crippen LogP contribution in [0.5, 0.6) is 5.75 Å². The van der Waals surface area contributed by atoms with Gasteiger partial charge in [0.25, 0.3) is 0 Å². The average molecular weight is 284 g/mol. The minimum Gasteiger partial charge on any atom is -0.507 e. The normalized spacial score (nSPS) is 13.9. The first-order chi connectivity index (χ1) is 6.79. The molecule has 0 heterocycles. The molecule has 0 fully saturated rings. The molecule has 3 N–H and O–H groups in total. The summed E-state index contributed by atoms with van der Waals surface area (Å²) in [4.78, 5) is 0. The number of phenolic OH excluding ortho intramolecular Hbond substituents is 1. The van der Waals surface area contributed by atoms with E-state index >= 15 is 0 Å². The molecule has 15 heavy (non-hydrogen) atoms. The summed E-state index contributed by atoms with van der Waals surface area (Å²) in [5.74, 6) is -0.0297. The minimum absolute atomic E-state index is 0.0297. The molecule has 0 saturated carbocycles. The number of benzene rings is 1. The van der Waals surface area contributed by atoms with Gasteiger partial charge in [0.1, 0.15) is 5.75 Å². The number of alkyl halides is 3. The second kappa shape index (κ2) is 4.40. The van der Waals surface area contributed by atoms with Crippen LogP contribution in [0, 0.1) is 0 Å². The molecule has 0 aliphatic rings. The molecule has 1 atom stereocenters. The summed E-state index contributed by atoms with van der Waals surface area (Å²) < 4.78 is 36.4. The Morgan fingerprint density at radius 1 is 1.40 bits per heavy atom. The molecule has 0 aliphatic heterocycles. The van der Waals surface area contributed by atoms with Crippen LogP contribution in [0.4, 0.5) is 13.2 Å². The monoisotopic (exact) mass is 283 g/mol. The Morgan fingerprint density at radius 3 is 2.47 bits per heavy atom. The minimum atomic E-state index is -4.29. The highest BCUT2D eigenvalue weighted by molar-refractivity contribution is 9.10. The van der Waals surface area contributed by atoms with Gasteiger partial charge in [-0.25, -0.2) is 0 Å². The highest BCUT2D eigenvalue weighted by Crippen LogP contribution is 2.31. The smallest absolute Gasteiger partial charge is 0.390 e. The largest absolute Gasteiger partial charge is 0.507 e. The molecule has 0 aliphatic carbocycles. The van der Waals surface area contributed by atoms with Crippen molar-refractivity contribution < 1.29 is 18.3 Å². The van der Waals surface area contributed by atoms with Crippen LogP contribution in [-0.2, 0) is 0 Å². The highest BCUT2D eigenvalue weighted by Gasteiger charge is 2.30. The molecule has 0 unspecified atom stereocenters. The zero-order valence-electron chi connectivity index (χ0n) is 7.55. The van der Waals surface area contributed by atoms with Crippen molar-refractivity contribution in [1.29, 1.82) is 0 Å². The van der Waals surface area contributed by atoms with E-state index in [0.717, 1.165) is 0 Å². The van der Waals surface area contributed by atoms with E-state index in [1.165, 1.54) is 18.2 Å². The van der Waals surface area contributed by atoms with E-state index in [4.69, 9.17) is 10.8 Å². The number of rotatable bonds is 2. The zero-order valence-corrected chi connectivity index (χ0v) is 9.14. The lowest BCUT2D eigenvalue weighted by atomic mass is 10.0. The van der Waals surface area contributed by atoms with Crippen molar-refractivity contribution in [3.8, 4) is 5.75 Å². The van der Waals surface area contributed by atoms with E-state index in [1.807, 2.05) is 0 Å². The predicted molar refractivity (Wildman–Crippen MR) is 53.4 cm³/mol. The molecule has 1 aromatic rings. The lowest BCUT2D eigenvalue weighted by Crippen LogP contribution is -2.20. The van der Waals surface area contributed by atoms with E-state index in [2.05, 4.69) is 15.9 Å². The number of phenols is 1. The Labute approximate surface area is 93.0 Å². The molecule has 0 bridgehead atoms. The molecular weight excluding hydrogens is 275 g/mol. The lowest BCUT2D eigenvalue weighted by molar-refractivity contribution is -0.138. The predicted octanol–water partition coefficient (Wildman–Crippen LogP) is 3.11. The molecule has 2 nitrogen and oxygen atoms in total. The van der Waals surface area contributed by atoms with Crippen LogP contribution in [0.1, 0.15) is 18.0 Å². The number of aromatic hydroxyl groups is 1. The quantitative estimate of drug-likeness (QED) is 0.876. The first kappa shape index (κ1) is 12.3. The van der Waals surface area contributed by atoms with Crippen molar-refractivity contribution in [2.24, 2.45) is 5.73 Å². The number of hydrogen-bond acceptors (Lipinski definition) is 2. The van der Waals surface area contributed by atoms with Crippen molar-refractivity contribution in [3.05, 3.63) is 28.2 Å². The van der Waals surface area contributed by atoms with Crippen molar-refractivity contribution >= 4 is 15.9 Å². The van der Waals surface area contributed by atoms with Crippen molar-refractivity contribution in [2.75, 3.05) is 0 Å². The zero-order chi connectivity index (χ0) is 11.6. The Balaban J connectivity index is 2.83. The Kier molecular flexibility index (Phi) is 3.62. The van der Waals surface area contributed by atoms with Crippen molar-refractivity contribution in [1.82, 2.24) is 0 Å². The third-order valence-corrected chi connectivity index (χ3v) is 2.49. The topological polar surface area (TPSA) is 46.2 Å². The average Bonchev–Trinajstić information content (AvgIpc) is 2.06. The molecule has 1 rings (SSSR count). The first-order valence-electron chi connectivity index (χ1n) is 4.10. The van der Waals surface area contributed by atoms with Crippen LogP contribution in [0.2, 0.25) is 0 Å². The summed E-state index contributed by atoms with van der Waals surface area (Å²) in [5.41, 5.74) is 5.71. The van der Waals surface area contributed by atoms with Gasteiger partial charge in [-0.2, -0.15) is 13.2 Å². The fourth-order valence-corrected chi connectivity index (χ4v) is 1.52. The van der Waals surface area contributed by atoms with Crippen LogP contribution in [0.25, 0.3) is 0 Å². The second-order valence-electron chi connectivity index (χ2n) is 3.14. The van der Waals surface area contributed by atoms with Crippen LogP contribution in [0.3, 0.4) is 0 Å². The summed E-state index contributed by atoms with van der Waals surface area (Å²) in [6.45, 7) is 0. The lowest BCUT2D eigenvalue weighted by Gasteiger charge is -2.14. The summed E-state index contributed by atoms with van der Waals surface area (Å²) in [7, 11) is 0. The Bertz CT molecular complexity index is 354. The fraction of sp³-hybridized carbons (Fsp3) is 0.333. The Morgan fingerprint density at radius 2 is 2.00 bits per heavy atom. The molecule has 0 saturated heterocycles. The third-order valence-electron chi connectivity index (χ3n) is 1.85. The fourth-order valence-electron chi connectivity index (χ4n) is 1.12. The second-order valence-corrected chi connectivity index (χ2v) is 3.99. The van der Waals surface area contributed by atoms with Gasteiger partial charge in [0.2, 0.25) is 0 Å². The third kappa shape index (κ3) is 3.71. The maximum atomic E-state index is 12.0. The molecular formula is C9H9BrF3NO. The molecule has 6 heteroatoms. The molecule has 1 aromatic carbocycles. The Hall–Kier alpha value is -0.750. The number of nitrogens with two attached hydrogens (primary N) is 1. The summed E-state index contributed by atoms with van der Waals surface area (Å²) in [6.07, 6.45) is -5.37. The maximum absolute atomic E-state index is 12.0. The molecule has 0 aromatic heterocycles. The molecule has 0 radical (unpaired) electrons. The van der Waals surface area contributed by atoms with E-state index in [9.17, 15) is 13.2 Å². The molecule has 0 spiro atoms. The van der Waals surface area contributed by atoms with Crippen LogP contribution >= 0.6 is 15.9 Å². The van der Waals surface area contributed by atoms with Gasteiger partial charge in [-0.1, -0.05) is 6.07 Å². The molecule has 84 valence electrons. The standard InChI is InChI=1S/C9H9BrF3NO/c10-6-3-5(1-2-8(6)15)7(14)4-9(11,12)13/h1-3,7,15H,4,14H2/t7-/m1/s1. The maximum Gasteiger partial charge on any atom is 0.390 e. The highest BCUT2D eigenvalue weighted by atomic mass is 79.9. The van der Waals surface area contributed by atoms with E-state index in [1.54, 1.807) is 0 Å². The van der Waals surface area contributed by atoms with E-state index in [0.29, 0.717) is 10.0 Å². The summed E-state index contributed by atoms with van der Waals surface area (Å²) >= 11 is 3.01. The molecule has 0 amide bonds. The van der Waals surface area contributed by atoms with Gasteiger partial charge in [0.15, 0.2) is 0 Å². The van der Waals surface area contributed by atoms with Crippen molar-refractivity contribution in [2.45, 2.75) is 18.6 Å². The van der Waals surface area contributed by atoms with Crippen LogP contribution in [0.15, 0.2) is 22.7 Å². The van der Waals surface area contributed by atoms with Gasteiger partial charge in [0, 0.05) is 6.04 Å². The van der Waals surface area contributed by atoms with Gasteiger partial charge >= 0.3 is 6.18 Å². The van der Waals surface area contributed by atoms with Gasteiger partial charge in [-0.05, 0) is 33.6 Å². The summed E-state index contributed by atoms with van der Waals surface area (Å²) in [6, 6.07) is 2.94. The van der Waals surface area contributed by atoms with Gasteiger partial charge < -0.3 is 10.8 Å². The van der Waals surface area contributed by atoms with Gasteiger partial charge in [-0.3, -0.25) is 0 Å². The van der Waals surface area contributed by atoms with Gasteiger partial charge in [-0.15, -0.1) is 0 Å². The van der Waals surface area contributed by atoms with E-state index in [-0.39, 0.29) is 5.75 Å². The van der Waals surface area contributed by atoms with Crippen LogP contribution in [-0.4, -0.2) is 11.3 Å².